The van der Waals surface area contributed by atoms with Gasteiger partial charge in [-0.05, 0) is 152 Å². The monoisotopic (exact) mass is 533 g/mol. The minimum absolute atomic E-state index is 0.0398. The lowest BCUT2D eigenvalue weighted by molar-refractivity contribution is -0.283. The van der Waals surface area contributed by atoms with Crippen molar-refractivity contribution in [2.45, 2.75) is 147 Å². The molecule has 3 fully saturated rings. The average Bonchev–Trinajstić information content (AvgIpc) is 2.93. The van der Waals surface area contributed by atoms with E-state index in [1.165, 1.54) is 63.4 Å². The smallest absolute Gasteiger partial charge is 0.0685 e. The number of allylic oxidation sites excluding steroid dienone is 3. The van der Waals surface area contributed by atoms with Gasteiger partial charge in [-0.2, -0.15) is 5.06 Å². The Balaban J connectivity index is 1.26. The zero-order valence-electron chi connectivity index (χ0n) is 26.1. The molecule has 0 unspecified atom stereocenters. The summed E-state index contributed by atoms with van der Waals surface area (Å²) >= 11 is 0. The number of unbranched alkanes of at least 4 members (excludes halogenated alkanes) is 2. The molecule has 2 aliphatic carbocycles. The molecule has 0 N–H and O–H groups in total. The van der Waals surface area contributed by atoms with Gasteiger partial charge in [0, 0.05) is 11.1 Å². The molecule has 0 atom stereocenters. The van der Waals surface area contributed by atoms with Crippen molar-refractivity contribution in [2.24, 2.45) is 17.8 Å². The Morgan fingerprint density at radius 2 is 1.33 bits per heavy atom. The molecular weight excluding hydrogens is 474 g/mol. The Bertz CT molecular complexity index is 878. The van der Waals surface area contributed by atoms with Crippen molar-refractivity contribution in [1.29, 1.82) is 0 Å². The van der Waals surface area contributed by atoms with E-state index >= 15 is 0 Å². The Kier molecular flexibility index (Phi) is 11.0. The minimum Gasteiger partial charge on any atom is -0.298 e. The zero-order chi connectivity index (χ0) is 27.9. The minimum atomic E-state index is 0.0398. The maximum absolute atomic E-state index is 6.35. The third-order valence-electron chi connectivity index (χ3n) is 10.4. The molecule has 3 aliphatic rings. The Morgan fingerprint density at radius 1 is 0.795 bits per heavy atom. The standard InChI is InChI=1S/C37H59NO/c1-7-9-11-12-13-29-14-16-30(17-15-29)31-18-20-32(21-19-31)33-22-24-34(25-23-33)35-27-36(3,4)38(37(5,6)28-35)39-26-10-8-2/h7,12-13,22-25,29-32,35H,1,8-11,14-21,26-28H2,2-6H3/b13-12+. The molecule has 4 rings (SSSR count). The number of hydrogen-bond donors (Lipinski definition) is 0. The van der Waals surface area contributed by atoms with Gasteiger partial charge < -0.3 is 0 Å². The SMILES string of the molecule is C=CCC/C=C/C1CCC(C2CCC(c3ccc(C4CC(C)(C)N(OCCCC)C(C)(C)C4)cc3)CC2)CC1. The van der Waals surface area contributed by atoms with E-state index in [1.807, 2.05) is 6.08 Å². The highest BCUT2D eigenvalue weighted by Crippen LogP contribution is 2.47. The molecule has 2 heteroatoms. The van der Waals surface area contributed by atoms with Gasteiger partial charge in [0.25, 0.3) is 0 Å². The Labute approximate surface area is 241 Å². The van der Waals surface area contributed by atoms with E-state index in [2.05, 4.69) is 82.7 Å². The second-order valence-corrected chi connectivity index (χ2v) is 14.5. The van der Waals surface area contributed by atoms with E-state index in [4.69, 9.17) is 4.84 Å². The van der Waals surface area contributed by atoms with Crippen molar-refractivity contribution < 1.29 is 4.84 Å². The number of benzene rings is 1. The Hall–Kier alpha value is -1.38. The highest BCUT2D eigenvalue weighted by atomic mass is 16.7. The van der Waals surface area contributed by atoms with Crippen LogP contribution in [0.2, 0.25) is 0 Å². The van der Waals surface area contributed by atoms with Gasteiger partial charge in [0.1, 0.15) is 0 Å². The van der Waals surface area contributed by atoms with E-state index in [1.54, 1.807) is 5.56 Å². The van der Waals surface area contributed by atoms with Gasteiger partial charge in [0.2, 0.25) is 0 Å². The fourth-order valence-corrected chi connectivity index (χ4v) is 8.42. The average molecular weight is 534 g/mol. The van der Waals surface area contributed by atoms with E-state index in [-0.39, 0.29) is 11.1 Å². The molecule has 0 radical (unpaired) electrons. The summed E-state index contributed by atoms with van der Waals surface area (Å²) in [6, 6.07) is 9.90. The summed E-state index contributed by atoms with van der Waals surface area (Å²) in [5.74, 6) is 4.15. The quantitative estimate of drug-likeness (QED) is 0.207. The molecule has 39 heavy (non-hydrogen) atoms. The molecule has 2 saturated carbocycles. The van der Waals surface area contributed by atoms with Crippen LogP contribution in [0.25, 0.3) is 0 Å². The molecule has 218 valence electrons. The molecule has 1 saturated heterocycles. The lowest BCUT2D eigenvalue weighted by Gasteiger charge is -2.54. The van der Waals surface area contributed by atoms with Crippen LogP contribution in [0, 0.1) is 17.8 Å². The highest BCUT2D eigenvalue weighted by Gasteiger charge is 2.46. The van der Waals surface area contributed by atoms with Crippen molar-refractivity contribution in [3.05, 3.63) is 60.2 Å². The van der Waals surface area contributed by atoms with Crippen LogP contribution in [0.1, 0.15) is 147 Å². The number of hydrogen-bond acceptors (Lipinski definition) is 2. The summed E-state index contributed by atoms with van der Waals surface area (Å²) in [5.41, 5.74) is 3.19. The summed E-state index contributed by atoms with van der Waals surface area (Å²) in [6.45, 7) is 16.4. The number of hydroxylamine groups is 2. The predicted octanol–water partition coefficient (Wildman–Crippen LogP) is 10.8. The molecule has 1 aromatic carbocycles. The van der Waals surface area contributed by atoms with E-state index in [0.29, 0.717) is 5.92 Å². The van der Waals surface area contributed by atoms with Crippen LogP contribution in [0.15, 0.2) is 49.1 Å². The summed E-state index contributed by atoms with van der Waals surface area (Å²) in [4.78, 5) is 6.35. The van der Waals surface area contributed by atoms with Crippen LogP contribution >= 0.6 is 0 Å². The maximum Gasteiger partial charge on any atom is 0.0685 e. The van der Waals surface area contributed by atoms with E-state index in [0.717, 1.165) is 62.4 Å². The van der Waals surface area contributed by atoms with Gasteiger partial charge in [-0.15, -0.1) is 6.58 Å². The summed E-state index contributed by atoms with van der Waals surface area (Å²) in [5, 5.41) is 2.33. The third kappa shape index (κ3) is 8.10. The maximum atomic E-state index is 6.35. The predicted molar refractivity (Wildman–Crippen MR) is 168 cm³/mol. The topological polar surface area (TPSA) is 12.5 Å². The van der Waals surface area contributed by atoms with Crippen molar-refractivity contribution in [1.82, 2.24) is 5.06 Å². The van der Waals surface area contributed by atoms with Crippen LogP contribution in [-0.2, 0) is 4.84 Å². The molecule has 1 aliphatic heterocycles. The van der Waals surface area contributed by atoms with Gasteiger partial charge in [-0.25, -0.2) is 0 Å². The molecule has 1 heterocycles. The van der Waals surface area contributed by atoms with E-state index in [9.17, 15) is 0 Å². The van der Waals surface area contributed by atoms with Crippen LogP contribution in [0.3, 0.4) is 0 Å². The number of rotatable bonds is 11. The van der Waals surface area contributed by atoms with Crippen LogP contribution in [0.4, 0.5) is 0 Å². The van der Waals surface area contributed by atoms with Gasteiger partial charge in [-0.1, -0.05) is 55.8 Å². The fraction of sp³-hybridized carbons (Fsp3) is 0.730. The lowest BCUT2D eigenvalue weighted by atomic mass is 9.68. The fourth-order valence-electron chi connectivity index (χ4n) is 8.42. The second kappa shape index (κ2) is 14.0. The van der Waals surface area contributed by atoms with Crippen LogP contribution in [-0.4, -0.2) is 22.7 Å². The van der Waals surface area contributed by atoms with Crippen molar-refractivity contribution in [2.75, 3.05) is 6.61 Å². The Morgan fingerprint density at radius 3 is 1.87 bits per heavy atom. The number of nitrogens with zero attached hydrogens (tertiary/aromatic N) is 1. The molecule has 0 amide bonds. The van der Waals surface area contributed by atoms with Gasteiger partial charge in [-0.3, -0.25) is 4.84 Å². The third-order valence-corrected chi connectivity index (χ3v) is 10.4. The van der Waals surface area contributed by atoms with Gasteiger partial charge in [0.15, 0.2) is 0 Å². The molecule has 0 aromatic heterocycles. The van der Waals surface area contributed by atoms with Gasteiger partial charge >= 0.3 is 0 Å². The van der Waals surface area contributed by atoms with Crippen molar-refractivity contribution in [3.63, 3.8) is 0 Å². The first-order chi connectivity index (χ1) is 18.7. The molecule has 0 spiro atoms. The second-order valence-electron chi connectivity index (χ2n) is 14.5. The first-order valence-corrected chi connectivity index (χ1v) is 16.5. The van der Waals surface area contributed by atoms with Crippen LogP contribution < -0.4 is 0 Å². The number of piperidine rings is 1. The largest absolute Gasteiger partial charge is 0.298 e. The molecular formula is C37H59NO. The first-order valence-electron chi connectivity index (χ1n) is 16.5. The van der Waals surface area contributed by atoms with Crippen molar-refractivity contribution in [3.8, 4) is 0 Å². The first kappa shape index (κ1) is 30.6. The highest BCUT2D eigenvalue weighted by molar-refractivity contribution is 5.29. The molecule has 1 aromatic rings. The lowest BCUT2D eigenvalue weighted by Crippen LogP contribution is -2.59. The summed E-state index contributed by atoms with van der Waals surface area (Å²) < 4.78 is 0. The normalized spacial score (nSPS) is 30.0. The molecule has 2 nitrogen and oxygen atoms in total. The molecule has 0 bridgehead atoms. The zero-order valence-corrected chi connectivity index (χ0v) is 26.1. The van der Waals surface area contributed by atoms with Crippen molar-refractivity contribution >= 4 is 0 Å². The van der Waals surface area contributed by atoms with Gasteiger partial charge in [0.05, 0.1) is 6.61 Å². The van der Waals surface area contributed by atoms with Crippen LogP contribution in [0.5, 0.6) is 0 Å². The summed E-state index contributed by atoms with van der Waals surface area (Å²) in [7, 11) is 0. The summed E-state index contributed by atoms with van der Waals surface area (Å²) in [6.07, 6.45) is 25.2. The van der Waals surface area contributed by atoms with E-state index < -0.39 is 0 Å².